The van der Waals surface area contributed by atoms with Crippen molar-refractivity contribution in [1.82, 2.24) is 29.6 Å². The number of tetrazole rings is 1. The fourth-order valence-electron chi connectivity index (χ4n) is 3.88. The third-order valence-electron chi connectivity index (χ3n) is 6.03. The minimum atomic E-state index is -0.291. The Hall–Kier alpha value is -3.68. The van der Waals surface area contributed by atoms with E-state index in [1.165, 1.54) is 14.9 Å². The highest BCUT2D eigenvalue weighted by molar-refractivity contribution is 5.66. The smallest absolute Gasteiger partial charge is 0.368 e. The first-order chi connectivity index (χ1) is 15.3. The van der Waals surface area contributed by atoms with Crippen LogP contribution in [0, 0.1) is 20.8 Å². The minimum Gasteiger partial charge on any atom is -0.489 e. The van der Waals surface area contributed by atoms with Crippen molar-refractivity contribution in [3.05, 3.63) is 74.8 Å². The van der Waals surface area contributed by atoms with Gasteiger partial charge < -0.3 is 4.74 Å². The normalized spacial score (nSPS) is 11.2. The molecule has 166 valence electrons. The van der Waals surface area contributed by atoms with E-state index < -0.39 is 0 Å². The van der Waals surface area contributed by atoms with Crippen LogP contribution >= 0.6 is 0 Å². The Labute approximate surface area is 187 Å². The summed E-state index contributed by atoms with van der Waals surface area (Å²) in [4.78, 5) is 12.4. The average Bonchev–Trinajstić information content (AvgIpc) is 3.25. The van der Waals surface area contributed by atoms with E-state index in [0.29, 0.717) is 12.3 Å². The zero-order valence-electron chi connectivity index (χ0n) is 19.4. The van der Waals surface area contributed by atoms with Crippen LogP contribution in [0.1, 0.15) is 34.9 Å². The molecule has 0 aliphatic rings. The third kappa shape index (κ3) is 3.72. The second-order valence-corrected chi connectivity index (χ2v) is 8.02. The number of hydrogen-bond donors (Lipinski definition) is 0. The van der Waals surface area contributed by atoms with E-state index in [-0.39, 0.29) is 5.69 Å². The third-order valence-corrected chi connectivity index (χ3v) is 6.03. The molecule has 2 aromatic carbocycles. The molecule has 0 saturated carbocycles. The maximum Gasteiger partial charge on any atom is 0.368 e. The topological polar surface area (TPSA) is 79.8 Å². The van der Waals surface area contributed by atoms with Crippen LogP contribution in [0.3, 0.4) is 0 Å². The lowest BCUT2D eigenvalue weighted by atomic mass is 10.0. The number of benzene rings is 2. The Morgan fingerprint density at radius 3 is 2.38 bits per heavy atom. The number of nitrogens with zero attached hydrogens (tertiary/aromatic N) is 6. The van der Waals surface area contributed by atoms with Crippen LogP contribution in [0.25, 0.3) is 16.9 Å². The minimum absolute atomic E-state index is 0.291. The number of ether oxygens (including phenoxy) is 1. The molecule has 0 bridgehead atoms. The van der Waals surface area contributed by atoms with Crippen molar-refractivity contribution in [3.63, 3.8) is 0 Å². The maximum absolute atomic E-state index is 12.4. The summed E-state index contributed by atoms with van der Waals surface area (Å²) < 4.78 is 10.7. The molecule has 0 aliphatic carbocycles. The summed E-state index contributed by atoms with van der Waals surface area (Å²) >= 11 is 0. The van der Waals surface area contributed by atoms with Gasteiger partial charge in [0.1, 0.15) is 12.4 Å². The summed E-state index contributed by atoms with van der Waals surface area (Å²) in [6.07, 6.45) is 0.817. The molecule has 0 aliphatic heterocycles. The summed E-state index contributed by atoms with van der Waals surface area (Å²) in [5.41, 5.74) is 7.84. The molecule has 0 spiro atoms. The Balaban J connectivity index is 1.65. The Morgan fingerprint density at radius 1 is 1.00 bits per heavy atom. The highest BCUT2D eigenvalue weighted by Gasteiger charge is 2.16. The number of aryl methyl sites for hydroxylation is 4. The molecule has 4 rings (SSSR count). The van der Waals surface area contributed by atoms with Gasteiger partial charge in [-0.3, -0.25) is 4.68 Å². The zero-order chi connectivity index (χ0) is 23.0. The van der Waals surface area contributed by atoms with Crippen LogP contribution in [-0.4, -0.2) is 29.6 Å². The van der Waals surface area contributed by atoms with Gasteiger partial charge in [0.15, 0.2) is 0 Å². The lowest BCUT2D eigenvalue weighted by molar-refractivity contribution is 0.302. The Morgan fingerprint density at radius 2 is 1.78 bits per heavy atom. The number of hydrogen-bond acceptors (Lipinski definition) is 5. The SMILES string of the molecule is CCc1cccc(-n2nnn(C)c2=O)c1COc1ccc(-c2nn(C)c(C)c2C)cc1C. The van der Waals surface area contributed by atoms with Gasteiger partial charge in [-0.15, -0.1) is 0 Å². The fraction of sp³-hybridized carbons (Fsp3) is 0.333. The Kier molecular flexibility index (Phi) is 5.69. The molecular formula is C24H28N6O2. The van der Waals surface area contributed by atoms with Gasteiger partial charge >= 0.3 is 5.69 Å². The quantitative estimate of drug-likeness (QED) is 0.466. The largest absolute Gasteiger partial charge is 0.489 e. The summed E-state index contributed by atoms with van der Waals surface area (Å²) in [7, 11) is 3.54. The summed E-state index contributed by atoms with van der Waals surface area (Å²) in [6.45, 7) is 8.60. The van der Waals surface area contributed by atoms with Crippen molar-refractivity contribution < 1.29 is 4.74 Å². The van der Waals surface area contributed by atoms with Gasteiger partial charge in [-0.25, -0.2) is 4.79 Å². The fourth-order valence-corrected chi connectivity index (χ4v) is 3.88. The van der Waals surface area contributed by atoms with Crippen molar-refractivity contribution in [2.24, 2.45) is 14.1 Å². The van der Waals surface area contributed by atoms with E-state index in [0.717, 1.165) is 45.8 Å². The van der Waals surface area contributed by atoms with Crippen molar-refractivity contribution in [2.75, 3.05) is 0 Å². The molecule has 0 atom stereocenters. The van der Waals surface area contributed by atoms with Crippen molar-refractivity contribution >= 4 is 0 Å². The van der Waals surface area contributed by atoms with Crippen molar-refractivity contribution in [2.45, 2.75) is 40.7 Å². The molecule has 0 radical (unpaired) electrons. The lowest BCUT2D eigenvalue weighted by Gasteiger charge is -2.15. The first kappa shape index (κ1) is 21.5. The molecule has 0 amide bonds. The van der Waals surface area contributed by atoms with E-state index in [1.807, 2.05) is 49.0 Å². The van der Waals surface area contributed by atoms with Crippen LogP contribution in [0.4, 0.5) is 0 Å². The van der Waals surface area contributed by atoms with E-state index in [2.05, 4.69) is 42.4 Å². The summed E-state index contributed by atoms with van der Waals surface area (Å²) in [6, 6.07) is 12.0. The van der Waals surface area contributed by atoms with Crippen LogP contribution < -0.4 is 10.4 Å². The highest BCUT2D eigenvalue weighted by Crippen LogP contribution is 2.30. The first-order valence-corrected chi connectivity index (χ1v) is 10.7. The molecule has 0 unspecified atom stereocenters. The molecule has 8 heteroatoms. The van der Waals surface area contributed by atoms with Crippen LogP contribution in [0.5, 0.6) is 5.75 Å². The van der Waals surface area contributed by atoms with Crippen LogP contribution in [0.2, 0.25) is 0 Å². The predicted molar refractivity (Wildman–Crippen MR) is 123 cm³/mol. The van der Waals surface area contributed by atoms with Gasteiger partial charge in [-0.1, -0.05) is 19.1 Å². The van der Waals surface area contributed by atoms with Gasteiger partial charge in [0.05, 0.1) is 11.4 Å². The molecule has 4 aromatic rings. The standard InChI is InChI=1S/C24H28N6O2/c1-7-18-9-8-10-21(30-24(31)29(6)26-27-30)20(18)14-32-22-12-11-19(13-15(22)2)23-16(3)17(4)28(5)25-23/h8-13H,7,14H2,1-6H3. The molecule has 32 heavy (non-hydrogen) atoms. The van der Waals surface area contributed by atoms with Gasteiger partial charge in [-0.2, -0.15) is 14.5 Å². The van der Waals surface area contributed by atoms with E-state index in [9.17, 15) is 4.79 Å². The predicted octanol–water partition coefficient (Wildman–Crippen LogP) is 3.43. The molecule has 0 saturated heterocycles. The number of rotatable bonds is 6. The van der Waals surface area contributed by atoms with Gasteiger partial charge in [-0.05, 0) is 78.6 Å². The zero-order valence-corrected chi connectivity index (χ0v) is 19.4. The molecule has 2 heterocycles. The van der Waals surface area contributed by atoms with Crippen molar-refractivity contribution in [3.8, 4) is 22.7 Å². The first-order valence-electron chi connectivity index (χ1n) is 10.7. The summed E-state index contributed by atoms with van der Waals surface area (Å²) in [5, 5.41) is 12.5. The van der Waals surface area contributed by atoms with E-state index in [1.54, 1.807) is 7.05 Å². The van der Waals surface area contributed by atoms with Gasteiger partial charge in [0, 0.05) is 30.9 Å². The number of aromatic nitrogens is 6. The second kappa shape index (κ2) is 8.45. The summed E-state index contributed by atoms with van der Waals surface area (Å²) in [5.74, 6) is 0.794. The molecule has 8 nitrogen and oxygen atoms in total. The lowest BCUT2D eigenvalue weighted by Crippen LogP contribution is -2.23. The molecule has 2 aromatic heterocycles. The second-order valence-electron chi connectivity index (χ2n) is 8.02. The van der Waals surface area contributed by atoms with Gasteiger partial charge in [0.25, 0.3) is 0 Å². The maximum atomic E-state index is 12.4. The van der Waals surface area contributed by atoms with E-state index >= 15 is 0 Å². The molecule has 0 N–H and O–H groups in total. The van der Waals surface area contributed by atoms with Crippen LogP contribution in [-0.2, 0) is 27.1 Å². The monoisotopic (exact) mass is 432 g/mol. The van der Waals surface area contributed by atoms with Crippen molar-refractivity contribution in [1.29, 1.82) is 0 Å². The van der Waals surface area contributed by atoms with E-state index in [4.69, 9.17) is 4.74 Å². The average molecular weight is 433 g/mol. The molecule has 0 fully saturated rings. The van der Waals surface area contributed by atoms with Gasteiger partial charge in [0.2, 0.25) is 0 Å². The molecular weight excluding hydrogens is 404 g/mol. The Bertz CT molecular complexity index is 1350. The van der Waals surface area contributed by atoms with Crippen LogP contribution in [0.15, 0.2) is 41.2 Å². The highest BCUT2D eigenvalue weighted by atomic mass is 16.5.